The van der Waals surface area contributed by atoms with E-state index >= 15 is 0 Å². The molecule has 5 nitrogen and oxygen atoms in total. The molecule has 0 spiro atoms. The summed E-state index contributed by atoms with van der Waals surface area (Å²) < 4.78 is 0. The Kier molecular flexibility index (Phi) is 2.82. The van der Waals surface area contributed by atoms with Crippen LogP contribution in [0, 0.1) is 10.1 Å². The van der Waals surface area contributed by atoms with E-state index in [1.165, 1.54) is 6.07 Å². The lowest BCUT2D eigenvalue weighted by atomic mass is 10.1. The van der Waals surface area contributed by atoms with Crippen molar-refractivity contribution in [2.75, 3.05) is 0 Å². The number of fused-ring (bicyclic) bond motifs is 1. The Balaban J connectivity index is 2.19. The molecule has 2 heterocycles. The highest BCUT2D eigenvalue weighted by molar-refractivity contribution is 6.01. The third-order valence-electron chi connectivity index (χ3n) is 3.08. The molecule has 0 aromatic heterocycles. The van der Waals surface area contributed by atoms with Gasteiger partial charge in [-0.25, -0.2) is 4.99 Å². The van der Waals surface area contributed by atoms with Crippen LogP contribution in [0.15, 0.2) is 65.1 Å². The van der Waals surface area contributed by atoms with E-state index in [1.807, 2.05) is 36.3 Å². The second kappa shape index (κ2) is 4.64. The molecular formula is C15H11N3O2. The number of allylic oxidation sites excluding steroid dienone is 3. The van der Waals surface area contributed by atoms with Crippen molar-refractivity contribution in [3.8, 4) is 0 Å². The number of rotatable bonds is 2. The van der Waals surface area contributed by atoms with Gasteiger partial charge in [-0.1, -0.05) is 23.9 Å². The lowest BCUT2D eigenvalue weighted by Gasteiger charge is -2.24. The zero-order chi connectivity index (χ0) is 14.1. The standard InChI is InChI=1S/C15H11N3O2/c1-11-10-13(16-15-8-4-5-9-17(11)15)12-6-2-3-7-14(12)18(19)20/h2-9H,1H3. The van der Waals surface area contributed by atoms with E-state index in [0.717, 1.165) is 11.5 Å². The Morgan fingerprint density at radius 3 is 2.90 bits per heavy atom. The molecule has 3 rings (SSSR count). The average molecular weight is 265 g/mol. The summed E-state index contributed by atoms with van der Waals surface area (Å²) in [6.45, 7) is 1.90. The molecule has 0 aliphatic carbocycles. The number of benzene rings is 1. The first-order valence-electron chi connectivity index (χ1n) is 6.11. The van der Waals surface area contributed by atoms with Crippen molar-refractivity contribution in [1.29, 1.82) is 0 Å². The highest BCUT2D eigenvalue weighted by Crippen LogP contribution is 2.29. The number of para-hydroxylation sites is 1. The minimum Gasteiger partial charge on any atom is -0.299 e. The van der Waals surface area contributed by atoms with Gasteiger partial charge in [-0.2, -0.15) is 0 Å². The SMILES string of the molecule is CC1=C=C(c2ccccc2[N+](=O)[O-])N=C2C=CC=CN12. The fraction of sp³-hybridized carbons (Fsp3) is 0.0667. The highest BCUT2D eigenvalue weighted by atomic mass is 16.6. The summed E-state index contributed by atoms with van der Waals surface area (Å²) in [7, 11) is 0. The predicted octanol–water partition coefficient (Wildman–Crippen LogP) is 3.24. The minimum absolute atomic E-state index is 0.0379. The Bertz CT molecular complexity index is 750. The van der Waals surface area contributed by atoms with E-state index in [-0.39, 0.29) is 5.69 Å². The molecule has 2 aliphatic rings. The lowest BCUT2D eigenvalue weighted by Crippen LogP contribution is -2.25. The Labute approximate surface area is 115 Å². The van der Waals surface area contributed by atoms with Gasteiger partial charge in [0.2, 0.25) is 0 Å². The van der Waals surface area contributed by atoms with Crippen molar-refractivity contribution in [3.63, 3.8) is 0 Å². The molecule has 2 aliphatic heterocycles. The van der Waals surface area contributed by atoms with Crippen molar-refractivity contribution in [2.24, 2.45) is 4.99 Å². The molecule has 0 fully saturated rings. The maximum atomic E-state index is 11.1. The first-order valence-corrected chi connectivity index (χ1v) is 6.11. The van der Waals surface area contributed by atoms with Gasteiger partial charge in [0.15, 0.2) is 0 Å². The first-order chi connectivity index (χ1) is 9.66. The summed E-state index contributed by atoms with van der Waals surface area (Å²) in [5, 5.41) is 11.1. The molecule has 0 amide bonds. The van der Waals surface area contributed by atoms with Gasteiger partial charge in [0.05, 0.1) is 16.2 Å². The summed E-state index contributed by atoms with van der Waals surface area (Å²) in [4.78, 5) is 17.0. The van der Waals surface area contributed by atoms with E-state index in [4.69, 9.17) is 0 Å². The number of aliphatic imine (C=N–C) groups is 1. The molecule has 0 atom stereocenters. The zero-order valence-electron chi connectivity index (χ0n) is 10.8. The van der Waals surface area contributed by atoms with Crippen LogP contribution in [0.2, 0.25) is 0 Å². The van der Waals surface area contributed by atoms with Gasteiger partial charge < -0.3 is 0 Å². The maximum absolute atomic E-state index is 11.1. The van der Waals surface area contributed by atoms with Gasteiger partial charge in [-0.15, -0.1) is 0 Å². The second-order valence-corrected chi connectivity index (χ2v) is 4.37. The summed E-state index contributed by atoms with van der Waals surface area (Å²) in [5.41, 5.74) is 4.96. The van der Waals surface area contributed by atoms with Crippen LogP contribution >= 0.6 is 0 Å². The highest BCUT2D eigenvalue weighted by Gasteiger charge is 2.21. The molecule has 0 saturated carbocycles. The van der Waals surface area contributed by atoms with Crippen molar-refractivity contribution >= 4 is 17.2 Å². The van der Waals surface area contributed by atoms with Gasteiger partial charge in [-0.05, 0) is 25.1 Å². The molecule has 1 aromatic rings. The smallest absolute Gasteiger partial charge is 0.279 e. The molecule has 98 valence electrons. The van der Waals surface area contributed by atoms with Crippen molar-refractivity contribution in [2.45, 2.75) is 6.92 Å². The summed E-state index contributed by atoms with van der Waals surface area (Å²) in [6, 6.07) is 6.57. The monoisotopic (exact) mass is 265 g/mol. The Morgan fingerprint density at radius 2 is 2.10 bits per heavy atom. The quantitative estimate of drug-likeness (QED) is 0.468. The number of amidine groups is 1. The molecule has 0 saturated heterocycles. The minimum atomic E-state index is -0.400. The Morgan fingerprint density at radius 1 is 1.30 bits per heavy atom. The van der Waals surface area contributed by atoms with Crippen LogP contribution in [-0.4, -0.2) is 15.7 Å². The number of hydrogen-bond donors (Lipinski definition) is 0. The Hall–Kier alpha value is -2.91. The summed E-state index contributed by atoms with van der Waals surface area (Å²) >= 11 is 0. The number of nitro groups is 1. The molecule has 0 radical (unpaired) electrons. The molecule has 0 unspecified atom stereocenters. The van der Waals surface area contributed by atoms with Crippen LogP contribution in [0.3, 0.4) is 0 Å². The molecule has 1 aromatic carbocycles. The maximum Gasteiger partial charge on any atom is 0.279 e. The van der Waals surface area contributed by atoms with Gasteiger partial charge in [-0.3, -0.25) is 15.0 Å². The van der Waals surface area contributed by atoms with E-state index in [2.05, 4.69) is 10.7 Å². The first kappa shape index (κ1) is 12.1. The lowest BCUT2D eigenvalue weighted by molar-refractivity contribution is -0.385. The molecular weight excluding hydrogens is 254 g/mol. The van der Waals surface area contributed by atoms with E-state index in [0.29, 0.717) is 11.3 Å². The number of nitrogens with zero attached hydrogens (tertiary/aromatic N) is 3. The van der Waals surface area contributed by atoms with Gasteiger partial charge in [0.25, 0.3) is 5.69 Å². The van der Waals surface area contributed by atoms with Crippen LogP contribution in [0.4, 0.5) is 5.69 Å². The fourth-order valence-corrected chi connectivity index (χ4v) is 2.14. The average Bonchev–Trinajstić information content (AvgIpc) is 2.47. The number of nitro benzene ring substituents is 1. The third kappa shape index (κ3) is 1.96. The van der Waals surface area contributed by atoms with Gasteiger partial charge >= 0.3 is 0 Å². The summed E-state index contributed by atoms with van der Waals surface area (Å²) in [5.74, 6) is 0.733. The van der Waals surface area contributed by atoms with Crippen LogP contribution in [0.5, 0.6) is 0 Å². The molecule has 0 bridgehead atoms. The van der Waals surface area contributed by atoms with Gasteiger partial charge in [0.1, 0.15) is 11.5 Å². The van der Waals surface area contributed by atoms with Crippen LogP contribution in [0.1, 0.15) is 12.5 Å². The van der Waals surface area contributed by atoms with Crippen molar-refractivity contribution in [3.05, 3.63) is 75.8 Å². The van der Waals surface area contributed by atoms with E-state index in [1.54, 1.807) is 18.2 Å². The largest absolute Gasteiger partial charge is 0.299 e. The predicted molar refractivity (Wildman–Crippen MR) is 76.8 cm³/mol. The van der Waals surface area contributed by atoms with Crippen molar-refractivity contribution < 1.29 is 4.92 Å². The van der Waals surface area contributed by atoms with E-state index in [9.17, 15) is 10.1 Å². The van der Waals surface area contributed by atoms with Crippen molar-refractivity contribution in [1.82, 2.24) is 4.90 Å². The van der Waals surface area contributed by atoms with Crippen LogP contribution < -0.4 is 0 Å². The van der Waals surface area contributed by atoms with E-state index < -0.39 is 4.92 Å². The zero-order valence-corrected chi connectivity index (χ0v) is 10.8. The number of hydrogen-bond acceptors (Lipinski definition) is 4. The van der Waals surface area contributed by atoms with Crippen LogP contribution in [-0.2, 0) is 0 Å². The van der Waals surface area contributed by atoms with Gasteiger partial charge in [0, 0.05) is 12.3 Å². The molecule has 20 heavy (non-hydrogen) atoms. The third-order valence-corrected chi connectivity index (χ3v) is 3.08. The fourth-order valence-electron chi connectivity index (χ4n) is 2.14. The van der Waals surface area contributed by atoms with Crippen LogP contribution in [0.25, 0.3) is 5.70 Å². The topological polar surface area (TPSA) is 58.7 Å². The summed E-state index contributed by atoms with van der Waals surface area (Å²) in [6.07, 6.45) is 7.53. The second-order valence-electron chi connectivity index (χ2n) is 4.37. The molecule has 5 heteroatoms. The normalized spacial score (nSPS) is 16.2. The molecule has 0 N–H and O–H groups in total.